The Balaban J connectivity index is 1.59. The second-order valence-corrected chi connectivity index (χ2v) is 7.45. The number of carbonyl (C=O) groups is 3. The zero-order chi connectivity index (χ0) is 20.5. The number of nitrogens with one attached hydrogen (secondary N) is 1. The van der Waals surface area contributed by atoms with Crippen molar-refractivity contribution < 1.29 is 18.8 Å². The lowest BCUT2D eigenvalue weighted by Crippen LogP contribution is -2.48. The first-order valence-corrected chi connectivity index (χ1v) is 9.69. The molecule has 1 fully saturated rings. The summed E-state index contributed by atoms with van der Waals surface area (Å²) >= 11 is 0. The Labute approximate surface area is 168 Å². The van der Waals surface area contributed by atoms with Gasteiger partial charge >= 0.3 is 0 Å². The van der Waals surface area contributed by atoms with Crippen LogP contribution in [0.1, 0.15) is 34.3 Å². The van der Waals surface area contributed by atoms with Crippen molar-refractivity contribution in [3.05, 3.63) is 65.0 Å². The number of nitrogens with zero attached hydrogens (tertiary/aromatic N) is 2. The average Bonchev–Trinajstić information content (AvgIpc) is 3.18. The Bertz CT molecular complexity index is 991. The minimum Gasteiger partial charge on any atom is -0.350 e. The smallest absolute Gasteiger partial charge is 0.256 e. The van der Waals surface area contributed by atoms with E-state index in [0.29, 0.717) is 19.5 Å². The summed E-state index contributed by atoms with van der Waals surface area (Å²) in [6.45, 7) is 2.51. The molecule has 29 heavy (non-hydrogen) atoms. The summed E-state index contributed by atoms with van der Waals surface area (Å²) in [5.74, 6) is -1.56. The molecule has 0 aromatic heterocycles. The molecule has 0 spiro atoms. The van der Waals surface area contributed by atoms with Crippen LogP contribution in [-0.2, 0) is 16.1 Å². The topological polar surface area (TPSA) is 69.7 Å². The molecule has 1 saturated heterocycles. The van der Waals surface area contributed by atoms with Gasteiger partial charge in [-0.25, -0.2) is 4.39 Å². The summed E-state index contributed by atoms with van der Waals surface area (Å²) < 4.78 is 13.9. The van der Waals surface area contributed by atoms with Crippen LogP contribution in [0.2, 0.25) is 0 Å². The van der Waals surface area contributed by atoms with Crippen LogP contribution in [0, 0.1) is 12.7 Å². The molecule has 6 nitrogen and oxygen atoms in total. The first kappa shape index (κ1) is 19.1. The Morgan fingerprint density at radius 1 is 1.21 bits per heavy atom. The van der Waals surface area contributed by atoms with Crippen LogP contribution < -0.4 is 10.2 Å². The summed E-state index contributed by atoms with van der Waals surface area (Å²) in [7, 11) is 0. The standard InChI is InChI=1S/C22H22FN3O3/c1-14-5-2-3-6-15(14)12-24-20(27)13-26-19-11-16(23)8-9-17(19)21(28)25-10-4-7-18(25)22(26)29/h2-3,5-6,8-9,11,18H,4,7,10,12-13H2,1H3,(H,24,27)/t18-/m0/s1. The van der Waals surface area contributed by atoms with Crippen LogP contribution in [0.3, 0.4) is 0 Å². The summed E-state index contributed by atoms with van der Waals surface area (Å²) in [6, 6.07) is 10.8. The summed E-state index contributed by atoms with van der Waals surface area (Å²) in [6.07, 6.45) is 1.27. The van der Waals surface area contributed by atoms with Gasteiger partial charge in [0.1, 0.15) is 18.4 Å². The lowest BCUT2D eigenvalue weighted by molar-refractivity contribution is -0.125. The van der Waals surface area contributed by atoms with Crippen LogP contribution >= 0.6 is 0 Å². The summed E-state index contributed by atoms with van der Waals surface area (Å²) in [5, 5.41) is 2.82. The number of halogens is 1. The number of fused-ring (bicyclic) bond motifs is 2. The van der Waals surface area contributed by atoms with Crippen molar-refractivity contribution in [3.63, 3.8) is 0 Å². The lowest BCUT2D eigenvalue weighted by atomic mass is 10.1. The molecule has 0 bridgehead atoms. The molecule has 2 aliphatic heterocycles. The Kier molecular flexibility index (Phi) is 5.05. The minimum absolute atomic E-state index is 0.153. The van der Waals surface area contributed by atoms with Crippen LogP contribution in [0.5, 0.6) is 0 Å². The zero-order valence-corrected chi connectivity index (χ0v) is 16.2. The molecular formula is C22H22FN3O3. The highest BCUT2D eigenvalue weighted by Crippen LogP contribution is 2.32. The van der Waals surface area contributed by atoms with Crippen molar-refractivity contribution >= 4 is 23.4 Å². The van der Waals surface area contributed by atoms with Gasteiger partial charge in [0, 0.05) is 13.1 Å². The monoisotopic (exact) mass is 395 g/mol. The first-order chi connectivity index (χ1) is 14.0. The number of aryl methyl sites for hydroxylation is 1. The van der Waals surface area contributed by atoms with Crippen LogP contribution in [0.15, 0.2) is 42.5 Å². The number of amides is 3. The predicted octanol–water partition coefficient (Wildman–Crippen LogP) is 2.40. The van der Waals surface area contributed by atoms with E-state index in [-0.39, 0.29) is 35.5 Å². The van der Waals surface area contributed by atoms with Crippen molar-refractivity contribution in [1.82, 2.24) is 10.2 Å². The number of anilines is 1. The zero-order valence-electron chi connectivity index (χ0n) is 16.2. The second kappa shape index (κ2) is 7.66. The predicted molar refractivity (Wildman–Crippen MR) is 106 cm³/mol. The number of benzene rings is 2. The van der Waals surface area contributed by atoms with Gasteiger partial charge in [-0.05, 0) is 49.1 Å². The van der Waals surface area contributed by atoms with Crippen LogP contribution in [0.25, 0.3) is 0 Å². The highest BCUT2D eigenvalue weighted by molar-refractivity contribution is 6.12. The van der Waals surface area contributed by atoms with Gasteiger partial charge in [0.15, 0.2) is 0 Å². The molecule has 0 unspecified atom stereocenters. The maximum absolute atomic E-state index is 13.9. The highest BCUT2D eigenvalue weighted by Gasteiger charge is 2.42. The van der Waals surface area contributed by atoms with Crippen molar-refractivity contribution in [1.29, 1.82) is 0 Å². The fourth-order valence-electron chi connectivity index (χ4n) is 3.99. The molecule has 2 aromatic carbocycles. The molecule has 2 aromatic rings. The van der Waals surface area contributed by atoms with Crippen molar-refractivity contribution in [2.24, 2.45) is 0 Å². The summed E-state index contributed by atoms with van der Waals surface area (Å²) in [5.41, 5.74) is 2.43. The Morgan fingerprint density at radius 2 is 2.00 bits per heavy atom. The lowest BCUT2D eigenvalue weighted by Gasteiger charge is -2.25. The van der Waals surface area contributed by atoms with Crippen molar-refractivity contribution in [2.45, 2.75) is 32.4 Å². The first-order valence-electron chi connectivity index (χ1n) is 9.69. The Morgan fingerprint density at radius 3 is 2.79 bits per heavy atom. The molecule has 0 saturated carbocycles. The molecule has 7 heteroatoms. The van der Waals surface area contributed by atoms with Crippen molar-refractivity contribution in [2.75, 3.05) is 18.0 Å². The van der Waals surface area contributed by atoms with E-state index >= 15 is 0 Å². The van der Waals surface area contributed by atoms with E-state index in [9.17, 15) is 18.8 Å². The van der Waals surface area contributed by atoms with Gasteiger partial charge < -0.3 is 15.1 Å². The number of rotatable bonds is 4. The van der Waals surface area contributed by atoms with Gasteiger partial charge in [0.25, 0.3) is 5.91 Å². The number of hydrogen-bond acceptors (Lipinski definition) is 3. The molecule has 4 rings (SSSR count). The van der Waals surface area contributed by atoms with E-state index in [0.717, 1.165) is 23.6 Å². The molecule has 2 heterocycles. The maximum Gasteiger partial charge on any atom is 0.256 e. The van der Waals surface area contributed by atoms with E-state index in [2.05, 4.69) is 5.32 Å². The van der Waals surface area contributed by atoms with Gasteiger partial charge in [-0.1, -0.05) is 24.3 Å². The highest BCUT2D eigenvalue weighted by atomic mass is 19.1. The third-order valence-electron chi connectivity index (χ3n) is 5.58. The molecule has 1 atom stereocenters. The molecule has 3 amide bonds. The van der Waals surface area contributed by atoms with Gasteiger partial charge in [-0.3, -0.25) is 14.4 Å². The van der Waals surface area contributed by atoms with Crippen LogP contribution in [0.4, 0.5) is 10.1 Å². The fourth-order valence-corrected chi connectivity index (χ4v) is 3.99. The van der Waals surface area contributed by atoms with Crippen molar-refractivity contribution in [3.8, 4) is 0 Å². The normalized spacial score (nSPS) is 18.3. The quantitative estimate of drug-likeness (QED) is 0.864. The van der Waals surface area contributed by atoms with Gasteiger partial charge in [0.05, 0.1) is 11.3 Å². The van der Waals surface area contributed by atoms with E-state index in [1.54, 1.807) is 0 Å². The molecule has 150 valence electrons. The fraction of sp³-hybridized carbons (Fsp3) is 0.318. The maximum atomic E-state index is 13.9. The van der Waals surface area contributed by atoms with Gasteiger partial charge in [-0.15, -0.1) is 0 Å². The Hall–Kier alpha value is -3.22. The second-order valence-electron chi connectivity index (χ2n) is 7.45. The minimum atomic E-state index is -0.609. The number of carbonyl (C=O) groups excluding carboxylic acids is 3. The molecule has 1 N–H and O–H groups in total. The van der Waals surface area contributed by atoms with E-state index in [4.69, 9.17) is 0 Å². The average molecular weight is 395 g/mol. The van der Waals surface area contributed by atoms with Crippen LogP contribution in [-0.4, -0.2) is 41.8 Å². The molecule has 0 aliphatic carbocycles. The SMILES string of the molecule is Cc1ccccc1CNC(=O)CN1C(=O)[C@@H]2CCCN2C(=O)c2ccc(F)cc21. The summed E-state index contributed by atoms with van der Waals surface area (Å²) in [4.78, 5) is 41.4. The van der Waals surface area contributed by atoms with E-state index in [1.165, 1.54) is 21.9 Å². The third kappa shape index (κ3) is 3.60. The van der Waals surface area contributed by atoms with E-state index in [1.807, 2.05) is 31.2 Å². The van der Waals surface area contributed by atoms with E-state index < -0.39 is 11.9 Å². The molecular weight excluding hydrogens is 373 g/mol. The largest absolute Gasteiger partial charge is 0.350 e. The molecule has 0 radical (unpaired) electrons. The third-order valence-corrected chi connectivity index (χ3v) is 5.58. The number of hydrogen-bond donors (Lipinski definition) is 1. The van der Waals surface area contributed by atoms with Gasteiger partial charge in [0.2, 0.25) is 11.8 Å². The van der Waals surface area contributed by atoms with Gasteiger partial charge in [-0.2, -0.15) is 0 Å². The molecule has 2 aliphatic rings.